The van der Waals surface area contributed by atoms with Crippen LogP contribution in [0.4, 0.5) is 4.39 Å². The number of nitrogens with one attached hydrogen (secondary N) is 1. The first-order valence-electron chi connectivity index (χ1n) is 6.11. The summed E-state index contributed by atoms with van der Waals surface area (Å²) in [4.78, 5) is 22.6. The van der Waals surface area contributed by atoms with Gasteiger partial charge in [-0.15, -0.1) is 0 Å². The monoisotopic (exact) mass is 279 g/mol. The molecule has 5 nitrogen and oxygen atoms in total. The Labute approximate surface area is 115 Å². The van der Waals surface area contributed by atoms with Crippen molar-refractivity contribution >= 4 is 18.0 Å². The van der Waals surface area contributed by atoms with E-state index < -0.39 is 29.7 Å². The van der Waals surface area contributed by atoms with Crippen molar-refractivity contribution < 1.29 is 23.8 Å². The lowest BCUT2D eigenvalue weighted by atomic mass is 10.0. The van der Waals surface area contributed by atoms with E-state index in [4.69, 9.17) is 9.84 Å². The van der Waals surface area contributed by atoms with Gasteiger partial charge >= 0.3 is 5.97 Å². The van der Waals surface area contributed by atoms with Crippen molar-refractivity contribution in [3.8, 4) is 0 Å². The Morgan fingerprint density at radius 3 is 2.80 bits per heavy atom. The van der Waals surface area contributed by atoms with Gasteiger partial charge < -0.3 is 15.2 Å². The van der Waals surface area contributed by atoms with Crippen molar-refractivity contribution in [2.45, 2.75) is 6.04 Å². The van der Waals surface area contributed by atoms with Gasteiger partial charge in [0.1, 0.15) is 11.7 Å². The molecule has 0 aromatic heterocycles. The minimum absolute atomic E-state index is 0.0807. The Kier molecular flexibility index (Phi) is 4.47. The second kappa shape index (κ2) is 6.29. The maximum absolute atomic E-state index is 13.3. The highest BCUT2D eigenvalue weighted by Gasteiger charge is 2.34. The fourth-order valence-corrected chi connectivity index (χ4v) is 1.95. The molecule has 1 fully saturated rings. The molecule has 0 radical (unpaired) electrons. The molecule has 2 unspecified atom stereocenters. The molecule has 0 aliphatic carbocycles. The smallest absolute Gasteiger partial charge is 0.311 e. The first kappa shape index (κ1) is 14.2. The average molecular weight is 279 g/mol. The third kappa shape index (κ3) is 3.42. The molecule has 0 spiro atoms. The van der Waals surface area contributed by atoms with Crippen LogP contribution >= 0.6 is 0 Å². The summed E-state index contributed by atoms with van der Waals surface area (Å²) in [5.41, 5.74) is 0.292. The fraction of sp³-hybridized carbons (Fsp3) is 0.286. The molecule has 0 saturated carbocycles. The van der Waals surface area contributed by atoms with Gasteiger partial charge in [0.05, 0.1) is 19.3 Å². The lowest BCUT2D eigenvalue weighted by Gasteiger charge is -2.14. The second-order valence-corrected chi connectivity index (χ2v) is 4.45. The van der Waals surface area contributed by atoms with Gasteiger partial charge in [-0.25, -0.2) is 4.39 Å². The van der Waals surface area contributed by atoms with E-state index in [2.05, 4.69) is 5.32 Å². The number of carbonyl (C=O) groups excluding carboxylic acids is 1. The number of halogens is 1. The lowest BCUT2D eigenvalue weighted by molar-refractivity contribution is -0.142. The van der Waals surface area contributed by atoms with Gasteiger partial charge in [-0.2, -0.15) is 0 Å². The van der Waals surface area contributed by atoms with Crippen molar-refractivity contribution in [1.82, 2.24) is 5.32 Å². The molecule has 1 saturated heterocycles. The molecule has 106 valence electrons. The number of carboxylic acid groups (broad SMARTS) is 1. The highest BCUT2D eigenvalue weighted by atomic mass is 19.1. The maximum Gasteiger partial charge on any atom is 0.311 e. The lowest BCUT2D eigenvalue weighted by Crippen LogP contribution is -2.41. The van der Waals surface area contributed by atoms with E-state index >= 15 is 0 Å². The molecular formula is C14H14FNO4. The number of benzene rings is 1. The summed E-state index contributed by atoms with van der Waals surface area (Å²) in [5.74, 6) is -2.66. The molecule has 2 atom stereocenters. The normalized spacial score (nSPS) is 22.1. The third-order valence-electron chi connectivity index (χ3n) is 3.04. The largest absolute Gasteiger partial charge is 0.481 e. The Morgan fingerprint density at radius 2 is 2.10 bits per heavy atom. The maximum atomic E-state index is 13.3. The van der Waals surface area contributed by atoms with Crippen LogP contribution in [0, 0.1) is 11.7 Å². The molecule has 2 rings (SSSR count). The van der Waals surface area contributed by atoms with Crippen molar-refractivity contribution in [2.75, 3.05) is 13.2 Å². The third-order valence-corrected chi connectivity index (χ3v) is 3.04. The highest BCUT2D eigenvalue weighted by molar-refractivity contribution is 5.92. The molecule has 1 aromatic rings. The van der Waals surface area contributed by atoms with Crippen LogP contribution in [0.3, 0.4) is 0 Å². The molecule has 1 amide bonds. The zero-order chi connectivity index (χ0) is 14.5. The summed E-state index contributed by atoms with van der Waals surface area (Å²) in [6, 6.07) is 5.48. The second-order valence-electron chi connectivity index (χ2n) is 4.45. The van der Waals surface area contributed by atoms with Gasteiger partial charge in [-0.1, -0.05) is 18.2 Å². The van der Waals surface area contributed by atoms with Gasteiger partial charge in [0.15, 0.2) is 0 Å². The summed E-state index contributed by atoms with van der Waals surface area (Å²) in [5, 5.41) is 11.5. The van der Waals surface area contributed by atoms with Gasteiger partial charge in [-0.05, 0) is 12.1 Å². The Bertz CT molecular complexity index is 544. The molecule has 1 heterocycles. The van der Waals surface area contributed by atoms with E-state index in [-0.39, 0.29) is 13.2 Å². The van der Waals surface area contributed by atoms with Crippen LogP contribution in [-0.4, -0.2) is 36.2 Å². The van der Waals surface area contributed by atoms with Crippen LogP contribution < -0.4 is 5.32 Å². The minimum atomic E-state index is -1.01. The topological polar surface area (TPSA) is 75.6 Å². The number of aliphatic carboxylic acids is 1. The van der Waals surface area contributed by atoms with Gasteiger partial charge in [0.2, 0.25) is 5.91 Å². The first-order valence-corrected chi connectivity index (χ1v) is 6.11. The van der Waals surface area contributed by atoms with E-state index in [0.29, 0.717) is 5.56 Å². The van der Waals surface area contributed by atoms with Crippen LogP contribution in [0.5, 0.6) is 0 Å². The number of rotatable bonds is 4. The van der Waals surface area contributed by atoms with E-state index in [1.165, 1.54) is 24.3 Å². The molecule has 1 aromatic carbocycles. The number of carboxylic acids is 1. The number of hydrogen-bond acceptors (Lipinski definition) is 3. The van der Waals surface area contributed by atoms with Gasteiger partial charge in [0.25, 0.3) is 0 Å². The van der Waals surface area contributed by atoms with Crippen molar-refractivity contribution in [3.05, 3.63) is 41.7 Å². The highest BCUT2D eigenvalue weighted by Crippen LogP contribution is 2.14. The molecule has 20 heavy (non-hydrogen) atoms. The molecular weight excluding hydrogens is 265 g/mol. The number of ether oxygens (including phenoxy) is 1. The summed E-state index contributed by atoms with van der Waals surface area (Å²) in [7, 11) is 0. The average Bonchev–Trinajstić information content (AvgIpc) is 2.86. The first-order chi connectivity index (χ1) is 9.58. The molecule has 6 heteroatoms. The van der Waals surface area contributed by atoms with Crippen LogP contribution in [-0.2, 0) is 14.3 Å². The van der Waals surface area contributed by atoms with Crippen LogP contribution in [0.1, 0.15) is 5.56 Å². The number of amides is 1. The summed E-state index contributed by atoms with van der Waals surface area (Å²) in [6.45, 7) is 0.244. The Balaban J connectivity index is 1.96. The predicted molar refractivity (Wildman–Crippen MR) is 69.3 cm³/mol. The molecule has 1 aliphatic rings. The van der Waals surface area contributed by atoms with Crippen molar-refractivity contribution in [1.29, 1.82) is 0 Å². The quantitative estimate of drug-likeness (QED) is 0.808. The molecule has 0 bridgehead atoms. The van der Waals surface area contributed by atoms with E-state index in [9.17, 15) is 14.0 Å². The number of hydrogen-bond donors (Lipinski definition) is 2. The van der Waals surface area contributed by atoms with Crippen molar-refractivity contribution in [2.24, 2.45) is 5.92 Å². The van der Waals surface area contributed by atoms with Crippen LogP contribution in [0.2, 0.25) is 0 Å². The van der Waals surface area contributed by atoms with Crippen molar-refractivity contribution in [3.63, 3.8) is 0 Å². The predicted octanol–water partition coefficient (Wildman–Crippen LogP) is 1.05. The minimum Gasteiger partial charge on any atom is -0.481 e. The standard InChI is InChI=1S/C14H14FNO4/c15-11-4-2-1-3-9(11)5-6-13(17)16-12-8-20-7-10(12)14(18)19/h1-6,10,12H,7-8H2,(H,16,17)(H,18,19). The Hall–Kier alpha value is -2.21. The van der Waals surface area contributed by atoms with E-state index in [1.807, 2.05) is 0 Å². The van der Waals surface area contributed by atoms with E-state index in [0.717, 1.165) is 0 Å². The summed E-state index contributed by atoms with van der Waals surface area (Å²) < 4.78 is 18.4. The van der Waals surface area contributed by atoms with Crippen LogP contribution in [0.15, 0.2) is 30.3 Å². The zero-order valence-corrected chi connectivity index (χ0v) is 10.6. The van der Waals surface area contributed by atoms with Gasteiger partial charge in [-0.3, -0.25) is 9.59 Å². The number of carbonyl (C=O) groups is 2. The molecule has 1 aliphatic heterocycles. The molecule has 2 N–H and O–H groups in total. The zero-order valence-electron chi connectivity index (χ0n) is 10.6. The van der Waals surface area contributed by atoms with Gasteiger partial charge in [0, 0.05) is 11.6 Å². The summed E-state index contributed by atoms with van der Waals surface area (Å²) >= 11 is 0. The van der Waals surface area contributed by atoms with E-state index in [1.54, 1.807) is 12.1 Å². The fourth-order valence-electron chi connectivity index (χ4n) is 1.95. The summed E-state index contributed by atoms with van der Waals surface area (Å²) in [6.07, 6.45) is 2.52. The Morgan fingerprint density at radius 1 is 1.35 bits per heavy atom. The SMILES string of the molecule is O=C(C=Cc1ccccc1F)NC1COCC1C(=O)O. The van der Waals surface area contributed by atoms with Crippen LogP contribution in [0.25, 0.3) is 6.08 Å².